The molecule has 2 heterocycles. The normalized spacial score (nSPS) is 8.53. The van der Waals surface area contributed by atoms with Crippen LogP contribution in [-0.2, 0) is 0 Å². The van der Waals surface area contributed by atoms with Crippen LogP contribution in [0.3, 0.4) is 0 Å². The lowest BCUT2D eigenvalue weighted by atomic mass is 10.6. The van der Waals surface area contributed by atoms with E-state index in [1.165, 1.54) is 18.6 Å². The first-order valence-electron chi connectivity index (χ1n) is 4.03. The first-order chi connectivity index (χ1) is 7.29. The fourth-order valence-corrected chi connectivity index (χ4v) is 0.706. The van der Waals surface area contributed by atoms with Crippen LogP contribution in [0.5, 0.6) is 5.88 Å². The third kappa shape index (κ3) is 5.04. The monoisotopic (exact) mass is 207 g/mol. The highest BCUT2D eigenvalue weighted by Crippen LogP contribution is 2.00. The molecule has 78 valence electrons. The van der Waals surface area contributed by atoms with Gasteiger partial charge < -0.3 is 14.8 Å². The van der Waals surface area contributed by atoms with Gasteiger partial charge in [0, 0.05) is 24.7 Å². The molecule has 15 heavy (non-hydrogen) atoms. The predicted octanol–water partition coefficient (Wildman–Crippen LogP) is 1.55. The topological polar surface area (TPSA) is 88.1 Å². The lowest BCUT2D eigenvalue weighted by molar-refractivity contribution is 0.142. The van der Waals surface area contributed by atoms with E-state index in [1.54, 1.807) is 0 Å². The molecule has 0 saturated heterocycles. The molecule has 0 atom stereocenters. The van der Waals surface area contributed by atoms with E-state index >= 15 is 0 Å². The molecule has 0 aliphatic heterocycles. The van der Waals surface area contributed by atoms with E-state index in [0.29, 0.717) is 0 Å². The molecular weight excluding hydrogens is 198 g/mol. The molecule has 0 aliphatic carbocycles. The second kappa shape index (κ2) is 6.14. The average Bonchev–Trinajstić information content (AvgIpc) is 2.76. The standard InChI is InChI=1S/C5H4N2O3.C4H5N/c8-5(9)10-4-1-2-6-3-7-4;1-2-4-5-3-1/h1-3H,(H,8,9);1-5H. The van der Waals surface area contributed by atoms with E-state index in [-0.39, 0.29) is 5.88 Å². The van der Waals surface area contributed by atoms with Crippen LogP contribution in [0.2, 0.25) is 0 Å². The van der Waals surface area contributed by atoms with Gasteiger partial charge in [-0.2, -0.15) is 0 Å². The van der Waals surface area contributed by atoms with Gasteiger partial charge in [-0.25, -0.2) is 14.8 Å². The maximum Gasteiger partial charge on any atom is 0.512 e. The molecule has 0 aliphatic rings. The summed E-state index contributed by atoms with van der Waals surface area (Å²) >= 11 is 0. The Bertz CT molecular complexity index is 358. The zero-order valence-corrected chi connectivity index (χ0v) is 7.70. The Kier molecular flexibility index (Phi) is 4.38. The van der Waals surface area contributed by atoms with Crippen molar-refractivity contribution < 1.29 is 14.6 Å². The fourth-order valence-electron chi connectivity index (χ4n) is 0.706. The number of hydrogen-bond acceptors (Lipinski definition) is 4. The van der Waals surface area contributed by atoms with Crippen molar-refractivity contribution in [3.63, 3.8) is 0 Å². The summed E-state index contributed by atoms with van der Waals surface area (Å²) in [6.07, 6.45) is 4.97. The maximum absolute atomic E-state index is 9.89. The number of ether oxygens (including phenoxy) is 1. The van der Waals surface area contributed by atoms with Crippen LogP contribution in [0, 0.1) is 0 Å². The smallest absolute Gasteiger partial charge is 0.449 e. The van der Waals surface area contributed by atoms with Crippen molar-refractivity contribution >= 4 is 6.16 Å². The summed E-state index contributed by atoms with van der Waals surface area (Å²) in [6.45, 7) is 0. The van der Waals surface area contributed by atoms with Gasteiger partial charge in [-0.1, -0.05) is 0 Å². The predicted molar refractivity (Wildman–Crippen MR) is 51.5 cm³/mol. The van der Waals surface area contributed by atoms with Crippen LogP contribution in [0.15, 0.2) is 43.1 Å². The molecule has 0 radical (unpaired) electrons. The number of carboxylic acid groups (broad SMARTS) is 1. The van der Waals surface area contributed by atoms with Crippen molar-refractivity contribution in [3.05, 3.63) is 43.1 Å². The lowest BCUT2D eigenvalue weighted by Gasteiger charge is -1.93. The van der Waals surface area contributed by atoms with Crippen molar-refractivity contribution in [2.75, 3.05) is 0 Å². The van der Waals surface area contributed by atoms with Crippen molar-refractivity contribution in [1.82, 2.24) is 15.0 Å². The van der Waals surface area contributed by atoms with Crippen LogP contribution >= 0.6 is 0 Å². The van der Waals surface area contributed by atoms with Gasteiger partial charge in [0.1, 0.15) is 6.33 Å². The Balaban J connectivity index is 0.000000187. The minimum Gasteiger partial charge on any atom is -0.449 e. The van der Waals surface area contributed by atoms with Crippen molar-refractivity contribution in [1.29, 1.82) is 0 Å². The molecule has 2 aromatic rings. The van der Waals surface area contributed by atoms with Gasteiger partial charge in [0.2, 0.25) is 5.88 Å². The first kappa shape index (κ1) is 10.7. The lowest BCUT2D eigenvalue weighted by Crippen LogP contribution is -2.03. The van der Waals surface area contributed by atoms with E-state index in [2.05, 4.69) is 19.7 Å². The molecule has 0 bridgehead atoms. The van der Waals surface area contributed by atoms with Gasteiger partial charge in [-0.3, -0.25) is 0 Å². The van der Waals surface area contributed by atoms with Gasteiger partial charge >= 0.3 is 6.16 Å². The Morgan fingerprint density at radius 1 is 1.40 bits per heavy atom. The minimum absolute atomic E-state index is 0.0301. The number of rotatable bonds is 1. The summed E-state index contributed by atoms with van der Waals surface area (Å²) in [7, 11) is 0. The molecule has 0 saturated carbocycles. The maximum atomic E-state index is 9.89. The summed E-state index contributed by atoms with van der Waals surface area (Å²) < 4.78 is 4.18. The summed E-state index contributed by atoms with van der Waals surface area (Å²) in [5.41, 5.74) is 0. The molecule has 2 N–H and O–H groups in total. The molecular formula is C9H9N3O3. The van der Waals surface area contributed by atoms with Crippen molar-refractivity contribution in [2.45, 2.75) is 0 Å². The summed E-state index contributed by atoms with van der Waals surface area (Å²) in [6, 6.07) is 5.24. The number of aromatic nitrogens is 3. The van der Waals surface area contributed by atoms with Gasteiger partial charge in [0.05, 0.1) is 0 Å². The zero-order chi connectivity index (χ0) is 10.9. The molecule has 0 aromatic carbocycles. The van der Waals surface area contributed by atoms with Gasteiger partial charge in [-0.15, -0.1) is 0 Å². The fraction of sp³-hybridized carbons (Fsp3) is 0. The van der Waals surface area contributed by atoms with Crippen LogP contribution < -0.4 is 4.74 Å². The second-order valence-corrected chi connectivity index (χ2v) is 2.30. The van der Waals surface area contributed by atoms with E-state index in [4.69, 9.17) is 5.11 Å². The molecule has 6 nitrogen and oxygen atoms in total. The third-order valence-corrected chi connectivity index (χ3v) is 1.24. The molecule has 0 amide bonds. The Morgan fingerprint density at radius 2 is 2.13 bits per heavy atom. The highest BCUT2D eigenvalue weighted by molar-refractivity contribution is 5.60. The Labute approximate surface area is 85.6 Å². The van der Waals surface area contributed by atoms with Crippen molar-refractivity contribution in [2.24, 2.45) is 0 Å². The molecule has 0 unspecified atom stereocenters. The summed E-state index contributed by atoms with van der Waals surface area (Å²) in [5.74, 6) is 0.0301. The number of nitrogens with zero attached hydrogens (tertiary/aromatic N) is 2. The quantitative estimate of drug-likeness (QED) is 0.692. The van der Waals surface area contributed by atoms with Crippen LogP contribution in [-0.4, -0.2) is 26.2 Å². The SMILES string of the molecule is O=C(O)Oc1ccncn1.c1cc[nH]c1. The first-order valence-corrected chi connectivity index (χ1v) is 4.03. The van der Waals surface area contributed by atoms with Gasteiger partial charge in [0.25, 0.3) is 0 Å². The van der Waals surface area contributed by atoms with Crippen LogP contribution in [0.1, 0.15) is 0 Å². The number of aromatic amines is 1. The third-order valence-electron chi connectivity index (χ3n) is 1.24. The Hall–Kier alpha value is -2.37. The number of carbonyl (C=O) groups is 1. The van der Waals surface area contributed by atoms with Gasteiger partial charge in [-0.05, 0) is 12.1 Å². The zero-order valence-electron chi connectivity index (χ0n) is 7.70. The molecule has 0 spiro atoms. The number of H-pyrrole nitrogens is 1. The second-order valence-electron chi connectivity index (χ2n) is 2.30. The van der Waals surface area contributed by atoms with Crippen LogP contribution in [0.4, 0.5) is 4.79 Å². The average molecular weight is 207 g/mol. The van der Waals surface area contributed by atoms with E-state index in [0.717, 1.165) is 0 Å². The summed E-state index contributed by atoms with van der Waals surface area (Å²) in [5, 5.41) is 8.08. The van der Waals surface area contributed by atoms with E-state index in [1.807, 2.05) is 24.5 Å². The summed E-state index contributed by atoms with van der Waals surface area (Å²) in [4.78, 5) is 19.8. The largest absolute Gasteiger partial charge is 0.512 e. The number of hydrogen-bond donors (Lipinski definition) is 2. The van der Waals surface area contributed by atoms with Gasteiger partial charge in [0.15, 0.2) is 0 Å². The highest BCUT2D eigenvalue weighted by atomic mass is 16.7. The highest BCUT2D eigenvalue weighted by Gasteiger charge is 1.98. The molecule has 0 fully saturated rings. The number of nitrogens with one attached hydrogen (secondary N) is 1. The molecule has 2 aromatic heterocycles. The minimum atomic E-state index is -1.38. The molecule has 2 rings (SSSR count). The van der Waals surface area contributed by atoms with Crippen LogP contribution in [0.25, 0.3) is 0 Å². The Morgan fingerprint density at radius 3 is 2.53 bits per heavy atom. The van der Waals surface area contributed by atoms with Crippen molar-refractivity contribution in [3.8, 4) is 5.88 Å². The van der Waals surface area contributed by atoms with E-state index in [9.17, 15) is 4.79 Å². The van der Waals surface area contributed by atoms with E-state index < -0.39 is 6.16 Å². The molecule has 6 heteroatoms.